The number of aliphatic hydroxyl groups is 1. The van der Waals surface area contributed by atoms with E-state index < -0.39 is 6.10 Å². The SMILES string of the molecule is CC(C)(N)COc1ccc(Nc2ccc(CCNCC(O)c3ccc(O)c4[nH]c(=O)ccc34)cc2)cc1.O=c1ccc2ccccc2[nH]1. The summed E-state index contributed by atoms with van der Waals surface area (Å²) in [6.45, 7) is 5.34. The predicted molar refractivity (Wildman–Crippen MR) is 192 cm³/mol. The van der Waals surface area contributed by atoms with Gasteiger partial charge in [-0.1, -0.05) is 36.4 Å². The molecule has 1 unspecified atom stereocenters. The fraction of sp³-hybridized carbons (Fsp3) is 0.211. The van der Waals surface area contributed by atoms with Crippen molar-refractivity contribution in [2.24, 2.45) is 5.73 Å². The summed E-state index contributed by atoms with van der Waals surface area (Å²) in [7, 11) is 0. The number of aromatic amines is 2. The molecule has 2 heterocycles. The number of phenols is 1. The molecule has 248 valence electrons. The Kier molecular flexibility index (Phi) is 10.9. The second kappa shape index (κ2) is 15.4. The Labute approximate surface area is 278 Å². The Hall–Kier alpha value is -5.42. The quantitative estimate of drug-likeness (QED) is 0.0908. The third-order valence-corrected chi connectivity index (χ3v) is 7.53. The molecule has 0 aliphatic rings. The normalized spacial score (nSPS) is 11.9. The van der Waals surface area contributed by atoms with Gasteiger partial charge in [-0.3, -0.25) is 9.59 Å². The maximum absolute atomic E-state index is 11.6. The number of rotatable bonds is 11. The minimum atomic E-state index is -0.779. The first-order chi connectivity index (χ1) is 23.0. The van der Waals surface area contributed by atoms with Crippen molar-refractivity contribution in [3.63, 3.8) is 0 Å². The van der Waals surface area contributed by atoms with Gasteiger partial charge in [0.05, 0.1) is 11.6 Å². The fourth-order valence-corrected chi connectivity index (χ4v) is 5.05. The highest BCUT2D eigenvalue weighted by atomic mass is 16.5. The second-order valence-electron chi connectivity index (χ2n) is 12.3. The Morgan fingerprint density at radius 1 is 0.812 bits per heavy atom. The molecule has 6 rings (SSSR count). The van der Waals surface area contributed by atoms with Crippen LogP contribution < -0.4 is 32.2 Å². The maximum Gasteiger partial charge on any atom is 0.248 e. The first-order valence-corrected chi connectivity index (χ1v) is 15.7. The number of aliphatic hydroxyl groups excluding tert-OH is 1. The summed E-state index contributed by atoms with van der Waals surface area (Å²) in [4.78, 5) is 27.8. The number of aromatic hydroxyl groups is 1. The minimum Gasteiger partial charge on any atom is -0.506 e. The number of benzene rings is 4. The number of H-pyrrole nitrogens is 2. The highest BCUT2D eigenvalue weighted by Gasteiger charge is 2.14. The van der Waals surface area contributed by atoms with Crippen LogP contribution in [0.4, 0.5) is 11.4 Å². The Balaban J connectivity index is 0.000000343. The highest BCUT2D eigenvalue weighted by Crippen LogP contribution is 2.28. The number of nitrogens with two attached hydrogens (primary N) is 1. The van der Waals surface area contributed by atoms with Crippen molar-refractivity contribution in [3.05, 3.63) is 141 Å². The molecule has 6 aromatic rings. The monoisotopic (exact) mass is 647 g/mol. The molecule has 8 N–H and O–H groups in total. The van der Waals surface area contributed by atoms with Gasteiger partial charge in [0.25, 0.3) is 0 Å². The second-order valence-corrected chi connectivity index (χ2v) is 12.3. The van der Waals surface area contributed by atoms with Gasteiger partial charge >= 0.3 is 0 Å². The Bertz CT molecular complexity index is 2070. The largest absolute Gasteiger partial charge is 0.506 e. The Morgan fingerprint density at radius 3 is 2.21 bits per heavy atom. The lowest BCUT2D eigenvalue weighted by atomic mass is 10.0. The number of ether oxygens (including phenoxy) is 1. The van der Waals surface area contributed by atoms with E-state index in [4.69, 9.17) is 10.5 Å². The zero-order chi connectivity index (χ0) is 34.1. The van der Waals surface area contributed by atoms with E-state index in [1.54, 1.807) is 12.1 Å². The molecule has 0 amide bonds. The molecule has 48 heavy (non-hydrogen) atoms. The molecular weight excluding hydrogens is 606 g/mol. The van der Waals surface area contributed by atoms with E-state index in [0.717, 1.165) is 34.4 Å². The predicted octanol–water partition coefficient (Wildman–Crippen LogP) is 5.49. The molecule has 0 saturated heterocycles. The number of fused-ring (bicyclic) bond motifs is 2. The third kappa shape index (κ3) is 9.55. The molecule has 0 saturated carbocycles. The first kappa shape index (κ1) is 33.9. The summed E-state index contributed by atoms with van der Waals surface area (Å²) in [5.74, 6) is 0.762. The number of nitrogens with one attached hydrogen (secondary N) is 4. The summed E-state index contributed by atoms with van der Waals surface area (Å²) in [6.07, 6.45) is 0.0272. The standard InChI is InChI=1S/C29H34N4O4.C9H7NO/c1-29(2,30)18-37-22-9-7-21(8-10-22)32-20-5-3-19(4-6-20)15-16-31-17-26(35)23-11-13-25(34)28-24(23)12-14-27(36)33-28;11-9-6-5-7-3-1-2-4-8(7)10-9/h3-14,26,31-32,34-35H,15-18,30H2,1-2H3,(H,33,36);1-6H,(H,10,11). The van der Waals surface area contributed by atoms with Crippen LogP contribution in [0.5, 0.6) is 11.5 Å². The molecule has 0 aliphatic carbocycles. The summed E-state index contributed by atoms with van der Waals surface area (Å²) >= 11 is 0. The zero-order valence-corrected chi connectivity index (χ0v) is 27.0. The van der Waals surface area contributed by atoms with Gasteiger partial charge in [-0.2, -0.15) is 0 Å². The lowest BCUT2D eigenvalue weighted by Gasteiger charge is -2.19. The van der Waals surface area contributed by atoms with Gasteiger partial charge in [-0.15, -0.1) is 0 Å². The van der Waals surface area contributed by atoms with Crippen LogP contribution in [0.2, 0.25) is 0 Å². The maximum atomic E-state index is 11.6. The molecule has 0 spiro atoms. The van der Waals surface area contributed by atoms with E-state index in [-0.39, 0.29) is 22.4 Å². The number of hydrogen-bond acceptors (Lipinski definition) is 8. The molecule has 10 heteroatoms. The molecule has 0 fully saturated rings. The van der Waals surface area contributed by atoms with Gasteiger partial charge in [0, 0.05) is 46.5 Å². The van der Waals surface area contributed by atoms with Gasteiger partial charge in [-0.25, -0.2) is 0 Å². The smallest absolute Gasteiger partial charge is 0.248 e. The van der Waals surface area contributed by atoms with Crippen molar-refractivity contribution in [2.75, 3.05) is 25.0 Å². The van der Waals surface area contributed by atoms with E-state index in [9.17, 15) is 19.8 Å². The summed E-state index contributed by atoms with van der Waals surface area (Å²) in [5, 5.41) is 29.0. The van der Waals surface area contributed by atoms with Gasteiger partial charge in [0.2, 0.25) is 11.1 Å². The van der Waals surface area contributed by atoms with Crippen LogP contribution >= 0.6 is 0 Å². The van der Waals surface area contributed by atoms with E-state index in [1.165, 1.54) is 23.8 Å². The number of pyridine rings is 2. The van der Waals surface area contributed by atoms with Gasteiger partial charge in [0.15, 0.2) is 0 Å². The summed E-state index contributed by atoms with van der Waals surface area (Å²) in [5.41, 5.74) is 10.2. The van der Waals surface area contributed by atoms with Gasteiger partial charge < -0.3 is 41.3 Å². The fourth-order valence-electron chi connectivity index (χ4n) is 5.05. The van der Waals surface area contributed by atoms with Crippen molar-refractivity contribution in [3.8, 4) is 11.5 Å². The van der Waals surface area contributed by atoms with E-state index in [0.29, 0.717) is 36.2 Å². The van der Waals surface area contributed by atoms with Crippen molar-refractivity contribution in [1.29, 1.82) is 0 Å². The molecule has 4 aromatic carbocycles. The van der Waals surface area contributed by atoms with Gasteiger partial charge in [0.1, 0.15) is 18.1 Å². The molecule has 10 nitrogen and oxygen atoms in total. The van der Waals surface area contributed by atoms with Crippen molar-refractivity contribution >= 4 is 33.2 Å². The van der Waals surface area contributed by atoms with Crippen molar-refractivity contribution in [1.82, 2.24) is 15.3 Å². The minimum absolute atomic E-state index is 0.0211. The number of para-hydroxylation sites is 1. The van der Waals surface area contributed by atoms with Crippen LogP contribution in [-0.2, 0) is 6.42 Å². The topological polar surface area (TPSA) is 165 Å². The zero-order valence-electron chi connectivity index (χ0n) is 27.0. The molecule has 2 aromatic heterocycles. The molecule has 0 bridgehead atoms. The van der Waals surface area contributed by atoms with Crippen LogP contribution in [0.1, 0.15) is 31.1 Å². The molecular formula is C38H41N5O5. The third-order valence-electron chi connectivity index (χ3n) is 7.53. The van der Waals surface area contributed by atoms with E-state index in [1.807, 2.05) is 80.6 Å². The van der Waals surface area contributed by atoms with Crippen LogP contribution in [0.25, 0.3) is 21.8 Å². The molecule has 0 aliphatic heterocycles. The number of aromatic nitrogens is 2. The number of anilines is 2. The van der Waals surface area contributed by atoms with Crippen molar-refractivity contribution < 1.29 is 14.9 Å². The summed E-state index contributed by atoms with van der Waals surface area (Å²) in [6, 6.07) is 33.2. The number of phenolic OH excluding ortho intramolecular Hbond substituents is 1. The average Bonchev–Trinajstić information content (AvgIpc) is 3.07. The lowest BCUT2D eigenvalue weighted by molar-refractivity contribution is 0.176. The van der Waals surface area contributed by atoms with Crippen LogP contribution in [0.15, 0.2) is 119 Å². The lowest BCUT2D eigenvalue weighted by Crippen LogP contribution is -2.38. The van der Waals surface area contributed by atoms with Gasteiger partial charge in [-0.05, 0) is 104 Å². The van der Waals surface area contributed by atoms with Crippen LogP contribution in [-0.4, -0.2) is 45.4 Å². The Morgan fingerprint density at radius 2 is 1.48 bits per heavy atom. The first-order valence-electron chi connectivity index (χ1n) is 15.7. The van der Waals surface area contributed by atoms with E-state index >= 15 is 0 Å². The highest BCUT2D eigenvalue weighted by molar-refractivity contribution is 5.87. The molecule has 1 atom stereocenters. The number of hydrogen-bond donors (Lipinski definition) is 7. The van der Waals surface area contributed by atoms with Crippen molar-refractivity contribution in [2.45, 2.75) is 31.9 Å². The van der Waals surface area contributed by atoms with Crippen LogP contribution in [0, 0.1) is 0 Å². The molecule has 0 radical (unpaired) electrons. The summed E-state index contributed by atoms with van der Waals surface area (Å²) < 4.78 is 5.71. The van der Waals surface area contributed by atoms with Crippen LogP contribution in [0.3, 0.4) is 0 Å². The van der Waals surface area contributed by atoms with E-state index in [2.05, 4.69) is 32.7 Å². The average molecular weight is 648 g/mol.